The molecule has 1 amide bonds. The Morgan fingerprint density at radius 1 is 1.26 bits per heavy atom. The minimum absolute atomic E-state index is 0.142. The quantitative estimate of drug-likeness (QED) is 0.603. The van der Waals surface area contributed by atoms with Gasteiger partial charge >= 0.3 is 0 Å². The SMILES string of the molecule is Cc1ccc2c(N)c(C(=O)N[C@H]3COc4c(ccc(N5CCCCC5)c4Cl)C3)sc2n1. The van der Waals surface area contributed by atoms with Crippen LogP contribution in [0.4, 0.5) is 11.4 Å². The second kappa shape index (κ2) is 8.20. The third-order valence-corrected chi connectivity index (χ3v) is 7.50. The number of nitrogens with zero attached hydrogens (tertiary/aromatic N) is 2. The Labute approximate surface area is 190 Å². The first-order valence-electron chi connectivity index (χ1n) is 10.7. The number of thiophene rings is 1. The molecule has 0 unspecified atom stereocenters. The number of ether oxygens (including phenoxy) is 1. The highest BCUT2D eigenvalue weighted by Gasteiger charge is 2.28. The second-order valence-corrected chi connectivity index (χ2v) is 9.65. The number of carbonyl (C=O) groups excluding carboxylic acids is 1. The zero-order chi connectivity index (χ0) is 21.5. The monoisotopic (exact) mass is 456 g/mol. The number of halogens is 1. The van der Waals surface area contributed by atoms with Crippen LogP contribution in [0.3, 0.4) is 0 Å². The van der Waals surface area contributed by atoms with Crippen molar-refractivity contribution >= 4 is 50.4 Å². The maximum absolute atomic E-state index is 12.9. The lowest BCUT2D eigenvalue weighted by molar-refractivity contribution is 0.0920. The van der Waals surface area contributed by atoms with Gasteiger partial charge in [0.15, 0.2) is 0 Å². The Morgan fingerprint density at radius 2 is 2.06 bits per heavy atom. The van der Waals surface area contributed by atoms with Gasteiger partial charge in [-0.2, -0.15) is 0 Å². The van der Waals surface area contributed by atoms with Crippen LogP contribution in [0, 0.1) is 6.92 Å². The Balaban J connectivity index is 1.32. The fourth-order valence-corrected chi connectivity index (χ4v) is 5.79. The molecule has 1 atom stereocenters. The lowest BCUT2D eigenvalue weighted by atomic mass is 10.0. The summed E-state index contributed by atoms with van der Waals surface area (Å²) in [7, 11) is 0. The summed E-state index contributed by atoms with van der Waals surface area (Å²) in [5, 5.41) is 4.58. The summed E-state index contributed by atoms with van der Waals surface area (Å²) in [5.74, 6) is 0.558. The van der Waals surface area contributed by atoms with E-state index in [1.54, 1.807) is 0 Å². The molecule has 0 aliphatic carbocycles. The largest absolute Gasteiger partial charge is 0.490 e. The second-order valence-electron chi connectivity index (χ2n) is 8.27. The molecule has 0 saturated carbocycles. The van der Waals surface area contributed by atoms with Crippen molar-refractivity contribution in [2.75, 3.05) is 30.3 Å². The van der Waals surface area contributed by atoms with Gasteiger partial charge in [-0.3, -0.25) is 4.79 Å². The van der Waals surface area contributed by atoms with Crippen molar-refractivity contribution in [3.05, 3.63) is 45.4 Å². The molecule has 0 bridgehead atoms. The highest BCUT2D eigenvalue weighted by Crippen LogP contribution is 2.41. The number of rotatable bonds is 3. The minimum atomic E-state index is -0.189. The zero-order valence-electron chi connectivity index (χ0n) is 17.4. The van der Waals surface area contributed by atoms with E-state index in [1.807, 2.05) is 19.1 Å². The number of nitrogen functional groups attached to an aromatic ring is 1. The summed E-state index contributed by atoms with van der Waals surface area (Å²) in [6.45, 7) is 4.36. The van der Waals surface area contributed by atoms with E-state index < -0.39 is 0 Å². The van der Waals surface area contributed by atoms with Crippen LogP contribution in [0.1, 0.15) is 40.2 Å². The Bertz CT molecular complexity index is 1160. The molecule has 2 aliphatic rings. The van der Waals surface area contributed by atoms with E-state index >= 15 is 0 Å². The summed E-state index contributed by atoms with van der Waals surface area (Å²) < 4.78 is 6.03. The molecule has 6 nitrogen and oxygen atoms in total. The van der Waals surface area contributed by atoms with E-state index in [2.05, 4.69) is 27.3 Å². The third-order valence-electron chi connectivity index (χ3n) is 6.02. The molecule has 1 aromatic carbocycles. The molecule has 3 aromatic rings. The summed E-state index contributed by atoms with van der Waals surface area (Å²) in [6.07, 6.45) is 4.33. The lowest BCUT2D eigenvalue weighted by Crippen LogP contribution is -2.42. The fourth-order valence-electron chi connectivity index (χ4n) is 4.39. The predicted octanol–water partition coefficient (Wildman–Crippen LogP) is 4.56. The van der Waals surface area contributed by atoms with E-state index in [4.69, 9.17) is 22.1 Å². The number of nitrogens with two attached hydrogens (primary N) is 1. The van der Waals surface area contributed by atoms with Crippen LogP contribution >= 0.6 is 22.9 Å². The first-order valence-corrected chi connectivity index (χ1v) is 11.9. The smallest absolute Gasteiger partial charge is 0.263 e. The van der Waals surface area contributed by atoms with Gasteiger partial charge in [0, 0.05) is 24.2 Å². The number of nitrogens with one attached hydrogen (secondary N) is 1. The maximum Gasteiger partial charge on any atom is 0.263 e. The molecule has 31 heavy (non-hydrogen) atoms. The molecule has 0 radical (unpaired) electrons. The Hall–Kier alpha value is -2.51. The number of hydrogen-bond donors (Lipinski definition) is 2. The summed E-state index contributed by atoms with van der Waals surface area (Å²) in [5.41, 5.74) is 9.68. The molecule has 2 aromatic heterocycles. The molecule has 162 valence electrons. The molecule has 1 fully saturated rings. The van der Waals surface area contributed by atoms with Crippen molar-refractivity contribution in [2.24, 2.45) is 0 Å². The maximum atomic E-state index is 12.9. The van der Waals surface area contributed by atoms with E-state index in [1.165, 1.54) is 30.6 Å². The molecule has 5 rings (SSSR count). The van der Waals surface area contributed by atoms with Crippen molar-refractivity contribution in [1.29, 1.82) is 0 Å². The van der Waals surface area contributed by atoms with Crippen LogP contribution in [-0.4, -0.2) is 36.6 Å². The van der Waals surface area contributed by atoms with Gasteiger partial charge in [-0.1, -0.05) is 17.7 Å². The van der Waals surface area contributed by atoms with Crippen LogP contribution in [-0.2, 0) is 6.42 Å². The van der Waals surface area contributed by atoms with Crippen LogP contribution in [0.15, 0.2) is 24.3 Å². The molecular formula is C23H25ClN4O2S. The van der Waals surface area contributed by atoms with Crippen molar-refractivity contribution in [1.82, 2.24) is 10.3 Å². The highest BCUT2D eigenvalue weighted by atomic mass is 35.5. The minimum Gasteiger partial charge on any atom is -0.490 e. The lowest BCUT2D eigenvalue weighted by Gasteiger charge is -2.32. The summed E-state index contributed by atoms with van der Waals surface area (Å²) >= 11 is 8.04. The van der Waals surface area contributed by atoms with Crippen LogP contribution in [0.2, 0.25) is 5.02 Å². The molecule has 8 heteroatoms. The Morgan fingerprint density at radius 3 is 2.87 bits per heavy atom. The summed E-state index contributed by atoms with van der Waals surface area (Å²) in [4.78, 5) is 21.0. The molecule has 1 saturated heterocycles. The van der Waals surface area contributed by atoms with E-state index in [9.17, 15) is 4.79 Å². The molecule has 4 heterocycles. The number of piperidine rings is 1. The number of anilines is 2. The van der Waals surface area contributed by atoms with Gasteiger partial charge in [0.05, 0.1) is 17.4 Å². The number of amides is 1. The summed E-state index contributed by atoms with van der Waals surface area (Å²) in [6, 6.07) is 7.83. The zero-order valence-corrected chi connectivity index (χ0v) is 19.0. The number of hydrogen-bond acceptors (Lipinski definition) is 6. The average molecular weight is 457 g/mol. The number of pyridine rings is 1. The van der Waals surface area contributed by atoms with Crippen LogP contribution < -0.4 is 20.7 Å². The van der Waals surface area contributed by atoms with Crippen molar-refractivity contribution < 1.29 is 9.53 Å². The van der Waals surface area contributed by atoms with Crippen molar-refractivity contribution in [3.8, 4) is 5.75 Å². The van der Waals surface area contributed by atoms with Crippen molar-refractivity contribution in [3.63, 3.8) is 0 Å². The predicted molar refractivity (Wildman–Crippen MR) is 127 cm³/mol. The normalized spacial score (nSPS) is 18.5. The first kappa shape index (κ1) is 20.4. The fraction of sp³-hybridized carbons (Fsp3) is 0.391. The van der Waals surface area contributed by atoms with Crippen LogP contribution in [0.25, 0.3) is 10.2 Å². The number of carbonyl (C=O) groups is 1. The molecule has 3 N–H and O–H groups in total. The molecular weight excluding hydrogens is 432 g/mol. The third kappa shape index (κ3) is 3.81. The van der Waals surface area contributed by atoms with Crippen LogP contribution in [0.5, 0.6) is 5.75 Å². The average Bonchev–Trinajstić information content (AvgIpc) is 3.10. The van der Waals surface area contributed by atoms with Gasteiger partial charge in [0.2, 0.25) is 0 Å². The number of aryl methyl sites for hydroxylation is 1. The number of benzene rings is 1. The first-order chi connectivity index (χ1) is 15.0. The standard InChI is InChI=1S/C23H25ClN4O2S/c1-13-5-7-16-19(25)21(31-23(16)26-13)22(29)27-15-11-14-6-8-17(18(24)20(14)30-12-15)28-9-3-2-4-10-28/h5-8,15H,2-4,9-12,25H2,1H3,(H,27,29)/t15-/m1/s1. The van der Waals surface area contributed by atoms with Gasteiger partial charge < -0.3 is 20.7 Å². The van der Waals surface area contributed by atoms with E-state index in [0.717, 1.165) is 46.0 Å². The van der Waals surface area contributed by atoms with Gasteiger partial charge in [-0.15, -0.1) is 11.3 Å². The highest BCUT2D eigenvalue weighted by molar-refractivity contribution is 7.21. The van der Waals surface area contributed by atoms with Gasteiger partial charge in [0.25, 0.3) is 5.91 Å². The van der Waals surface area contributed by atoms with Gasteiger partial charge in [-0.25, -0.2) is 4.98 Å². The Kier molecular flexibility index (Phi) is 5.40. The van der Waals surface area contributed by atoms with E-state index in [0.29, 0.717) is 28.6 Å². The topological polar surface area (TPSA) is 80.5 Å². The number of fused-ring (bicyclic) bond motifs is 2. The molecule has 0 spiro atoms. The van der Waals surface area contributed by atoms with Gasteiger partial charge in [-0.05, 0) is 56.4 Å². The molecule has 2 aliphatic heterocycles. The number of aromatic nitrogens is 1. The van der Waals surface area contributed by atoms with Gasteiger partial charge in [0.1, 0.15) is 27.1 Å². The van der Waals surface area contributed by atoms with Crippen molar-refractivity contribution in [2.45, 2.75) is 38.6 Å². The van der Waals surface area contributed by atoms with E-state index in [-0.39, 0.29) is 11.9 Å².